The second-order valence-corrected chi connectivity index (χ2v) is 7.62. The summed E-state index contributed by atoms with van der Waals surface area (Å²) in [7, 11) is -1.48. The van der Waals surface area contributed by atoms with Gasteiger partial charge in [0.05, 0.1) is 4.90 Å². The second kappa shape index (κ2) is 7.38. The number of rotatable bonds is 9. The Labute approximate surface area is 128 Å². The van der Waals surface area contributed by atoms with Crippen LogP contribution in [0.4, 0.5) is 0 Å². The van der Waals surface area contributed by atoms with E-state index in [1.165, 1.54) is 12.8 Å². The van der Waals surface area contributed by atoms with Crippen LogP contribution in [-0.4, -0.2) is 28.1 Å². The summed E-state index contributed by atoms with van der Waals surface area (Å²) in [6.45, 7) is 2.93. The molecule has 0 amide bonds. The number of hydrogen-bond donors (Lipinski definition) is 2. The maximum Gasteiger partial charge on any atom is 0.240 e. The summed E-state index contributed by atoms with van der Waals surface area (Å²) in [6.07, 6.45) is 5.21. The summed E-state index contributed by atoms with van der Waals surface area (Å²) in [5.74, 6) is 0.724. The van der Waals surface area contributed by atoms with Gasteiger partial charge in [0.15, 0.2) is 0 Å². The molecule has 1 aromatic rings. The lowest BCUT2D eigenvalue weighted by Gasteiger charge is -2.17. The van der Waals surface area contributed by atoms with Crippen molar-refractivity contribution in [3.63, 3.8) is 0 Å². The van der Waals surface area contributed by atoms with Crippen LogP contribution in [-0.2, 0) is 16.4 Å². The predicted octanol–water partition coefficient (Wildman–Crippen LogP) is 2.31. The molecule has 5 heteroatoms. The molecule has 1 saturated carbocycles. The first-order valence-corrected chi connectivity index (χ1v) is 9.29. The van der Waals surface area contributed by atoms with Crippen molar-refractivity contribution in [1.29, 1.82) is 0 Å². The van der Waals surface area contributed by atoms with Gasteiger partial charge >= 0.3 is 0 Å². The van der Waals surface area contributed by atoms with E-state index in [1.54, 1.807) is 12.1 Å². The quantitative estimate of drug-likeness (QED) is 0.736. The summed E-state index contributed by atoms with van der Waals surface area (Å²) < 4.78 is 27.7. The highest BCUT2D eigenvalue weighted by molar-refractivity contribution is 7.89. The van der Waals surface area contributed by atoms with E-state index < -0.39 is 10.0 Å². The zero-order valence-corrected chi connectivity index (χ0v) is 13.7. The van der Waals surface area contributed by atoms with Gasteiger partial charge in [-0.25, -0.2) is 13.1 Å². The Morgan fingerprint density at radius 2 is 1.90 bits per heavy atom. The average Bonchev–Trinajstić information content (AvgIpc) is 3.28. The fraction of sp³-hybridized carbons (Fsp3) is 0.625. The van der Waals surface area contributed by atoms with Crippen molar-refractivity contribution >= 4 is 10.0 Å². The molecule has 1 aliphatic rings. The third kappa shape index (κ3) is 5.09. The van der Waals surface area contributed by atoms with Gasteiger partial charge in [-0.1, -0.05) is 31.9 Å². The van der Waals surface area contributed by atoms with E-state index in [0.717, 1.165) is 37.3 Å². The van der Waals surface area contributed by atoms with Crippen LogP contribution in [0, 0.1) is 5.92 Å². The molecule has 1 fully saturated rings. The molecule has 2 rings (SSSR count). The van der Waals surface area contributed by atoms with Crippen molar-refractivity contribution in [3.05, 3.63) is 29.8 Å². The minimum atomic E-state index is -3.39. The molecule has 0 heterocycles. The molecule has 0 aliphatic heterocycles. The minimum Gasteiger partial charge on any atom is -0.319 e. The molecule has 118 valence electrons. The average molecular weight is 310 g/mol. The number of hydrogen-bond acceptors (Lipinski definition) is 3. The molecule has 1 atom stereocenters. The van der Waals surface area contributed by atoms with Gasteiger partial charge in [-0.15, -0.1) is 0 Å². The van der Waals surface area contributed by atoms with E-state index in [1.807, 2.05) is 26.1 Å². The van der Waals surface area contributed by atoms with Crippen LogP contribution in [0.15, 0.2) is 29.2 Å². The van der Waals surface area contributed by atoms with Gasteiger partial charge in [0.1, 0.15) is 0 Å². The van der Waals surface area contributed by atoms with Crippen LogP contribution < -0.4 is 10.0 Å². The molecule has 0 spiro atoms. The Kier molecular flexibility index (Phi) is 5.79. The van der Waals surface area contributed by atoms with Crippen LogP contribution >= 0.6 is 0 Å². The third-order valence-corrected chi connectivity index (χ3v) is 5.56. The molecule has 1 aliphatic carbocycles. The zero-order valence-electron chi connectivity index (χ0n) is 12.9. The smallest absolute Gasteiger partial charge is 0.240 e. The van der Waals surface area contributed by atoms with E-state index in [-0.39, 0.29) is 6.04 Å². The van der Waals surface area contributed by atoms with Crippen molar-refractivity contribution in [1.82, 2.24) is 10.0 Å². The standard InChI is InChI=1S/C16H26N2O2S/c1-3-15(12-14-4-5-14)18-21(19,20)16-8-6-13(7-9-16)10-11-17-2/h6-9,14-15,17-18H,3-5,10-12H2,1-2H3. The fourth-order valence-corrected chi connectivity index (χ4v) is 3.78. The Morgan fingerprint density at radius 1 is 1.24 bits per heavy atom. The van der Waals surface area contributed by atoms with Gasteiger partial charge in [-0.2, -0.15) is 0 Å². The Hall–Kier alpha value is -0.910. The highest BCUT2D eigenvalue weighted by Gasteiger charge is 2.27. The van der Waals surface area contributed by atoms with E-state index in [4.69, 9.17) is 0 Å². The van der Waals surface area contributed by atoms with E-state index in [2.05, 4.69) is 10.0 Å². The number of benzene rings is 1. The molecular formula is C16H26N2O2S. The van der Waals surface area contributed by atoms with Crippen LogP contribution in [0.1, 0.15) is 38.2 Å². The summed E-state index contributed by atoms with van der Waals surface area (Å²) in [5.41, 5.74) is 1.15. The lowest BCUT2D eigenvalue weighted by atomic mass is 10.1. The van der Waals surface area contributed by atoms with E-state index in [0.29, 0.717) is 4.90 Å². The van der Waals surface area contributed by atoms with Crippen molar-refractivity contribution in [2.24, 2.45) is 5.92 Å². The normalized spacial score (nSPS) is 16.9. The zero-order chi connectivity index (χ0) is 15.3. The summed E-state index contributed by atoms with van der Waals surface area (Å²) in [4.78, 5) is 0.366. The van der Waals surface area contributed by atoms with Gasteiger partial charge in [-0.3, -0.25) is 0 Å². The highest BCUT2D eigenvalue weighted by atomic mass is 32.2. The summed E-state index contributed by atoms with van der Waals surface area (Å²) >= 11 is 0. The van der Waals surface area contributed by atoms with Crippen molar-refractivity contribution in [3.8, 4) is 0 Å². The summed E-state index contributed by atoms with van der Waals surface area (Å²) in [5, 5.41) is 3.09. The Morgan fingerprint density at radius 3 is 2.43 bits per heavy atom. The van der Waals surface area contributed by atoms with E-state index >= 15 is 0 Å². The monoisotopic (exact) mass is 310 g/mol. The first-order chi connectivity index (χ1) is 10.0. The van der Waals surface area contributed by atoms with Crippen molar-refractivity contribution in [2.75, 3.05) is 13.6 Å². The van der Waals surface area contributed by atoms with Gasteiger partial charge in [-0.05, 0) is 56.5 Å². The topological polar surface area (TPSA) is 58.2 Å². The summed E-state index contributed by atoms with van der Waals surface area (Å²) in [6, 6.07) is 7.27. The van der Waals surface area contributed by atoms with E-state index in [9.17, 15) is 8.42 Å². The highest BCUT2D eigenvalue weighted by Crippen LogP contribution is 2.34. The maximum atomic E-state index is 12.4. The van der Waals surface area contributed by atoms with Gasteiger partial charge < -0.3 is 5.32 Å². The molecular weight excluding hydrogens is 284 g/mol. The predicted molar refractivity (Wildman–Crippen MR) is 85.8 cm³/mol. The van der Waals surface area contributed by atoms with Gasteiger partial charge in [0.2, 0.25) is 10.0 Å². The minimum absolute atomic E-state index is 0.0615. The van der Waals surface area contributed by atoms with Crippen LogP contribution in [0.3, 0.4) is 0 Å². The van der Waals surface area contributed by atoms with Crippen LogP contribution in [0.5, 0.6) is 0 Å². The molecule has 4 nitrogen and oxygen atoms in total. The lowest BCUT2D eigenvalue weighted by molar-refractivity contribution is 0.495. The number of likely N-dealkylation sites (N-methyl/N-ethyl adjacent to an activating group) is 1. The van der Waals surface area contributed by atoms with Gasteiger partial charge in [0, 0.05) is 6.04 Å². The second-order valence-electron chi connectivity index (χ2n) is 5.90. The molecule has 1 unspecified atom stereocenters. The SMILES string of the molecule is CCC(CC1CC1)NS(=O)(=O)c1ccc(CCNC)cc1. The largest absolute Gasteiger partial charge is 0.319 e. The Balaban J connectivity index is 2.00. The van der Waals surface area contributed by atoms with Crippen molar-refractivity contribution in [2.45, 2.75) is 50.0 Å². The lowest BCUT2D eigenvalue weighted by Crippen LogP contribution is -2.34. The van der Waals surface area contributed by atoms with Crippen LogP contribution in [0.2, 0.25) is 0 Å². The maximum absolute atomic E-state index is 12.4. The first-order valence-electron chi connectivity index (χ1n) is 7.81. The Bertz CT molecular complexity index is 536. The number of sulfonamides is 1. The molecule has 1 aromatic carbocycles. The first kappa shape index (κ1) is 16.5. The third-order valence-electron chi connectivity index (χ3n) is 4.03. The molecule has 2 N–H and O–H groups in total. The van der Waals surface area contributed by atoms with Gasteiger partial charge in [0.25, 0.3) is 0 Å². The van der Waals surface area contributed by atoms with Crippen molar-refractivity contribution < 1.29 is 8.42 Å². The van der Waals surface area contributed by atoms with Crippen LogP contribution in [0.25, 0.3) is 0 Å². The molecule has 21 heavy (non-hydrogen) atoms. The number of nitrogens with one attached hydrogen (secondary N) is 2. The fourth-order valence-electron chi connectivity index (χ4n) is 2.45. The molecule has 0 radical (unpaired) electrons. The molecule has 0 bridgehead atoms. The molecule has 0 aromatic heterocycles. The molecule has 0 saturated heterocycles.